The molecule has 1 heterocycles. The van der Waals surface area contributed by atoms with Gasteiger partial charge in [0.1, 0.15) is 0 Å². The molecule has 2 heteroatoms. The molecule has 90 valence electrons. The van der Waals surface area contributed by atoms with Gasteiger partial charge in [-0.2, -0.15) is 11.3 Å². The van der Waals surface area contributed by atoms with Crippen LogP contribution in [0.25, 0.3) is 0 Å². The summed E-state index contributed by atoms with van der Waals surface area (Å²) in [5.74, 6) is 0. The van der Waals surface area contributed by atoms with E-state index in [4.69, 9.17) is 0 Å². The van der Waals surface area contributed by atoms with E-state index in [2.05, 4.69) is 36.0 Å². The van der Waals surface area contributed by atoms with Crippen LogP contribution in [0.3, 0.4) is 0 Å². The van der Waals surface area contributed by atoms with Gasteiger partial charge in [-0.05, 0) is 53.5 Å². The van der Waals surface area contributed by atoms with Crippen LogP contribution in [-0.2, 0) is 6.42 Å². The molecule has 1 aromatic heterocycles. The van der Waals surface area contributed by atoms with Crippen molar-refractivity contribution in [2.24, 2.45) is 5.41 Å². The van der Waals surface area contributed by atoms with Crippen LogP contribution in [0.1, 0.15) is 45.1 Å². The van der Waals surface area contributed by atoms with Crippen molar-refractivity contribution in [1.82, 2.24) is 5.32 Å². The molecule has 0 bridgehead atoms. The highest BCUT2D eigenvalue weighted by Crippen LogP contribution is 2.44. The molecule has 1 aromatic rings. The second-order valence-electron chi connectivity index (χ2n) is 5.52. The molecule has 1 N–H and O–H groups in total. The number of hydrogen-bond donors (Lipinski definition) is 1. The molecule has 16 heavy (non-hydrogen) atoms. The molecule has 0 spiro atoms. The molecule has 0 aromatic carbocycles. The fourth-order valence-electron chi connectivity index (χ4n) is 2.46. The second kappa shape index (κ2) is 5.33. The van der Waals surface area contributed by atoms with Gasteiger partial charge in [-0.1, -0.05) is 20.3 Å². The zero-order valence-corrected chi connectivity index (χ0v) is 11.3. The first kappa shape index (κ1) is 12.1. The average Bonchev–Trinajstić information content (AvgIpc) is 2.68. The molecule has 0 saturated heterocycles. The molecule has 2 rings (SSSR count). The van der Waals surface area contributed by atoms with Gasteiger partial charge < -0.3 is 5.32 Å². The number of thiophene rings is 1. The SMILES string of the molecule is CC(C)NCC1(CCc2ccsc2)CCC1. The summed E-state index contributed by atoms with van der Waals surface area (Å²) in [5.41, 5.74) is 2.15. The summed E-state index contributed by atoms with van der Waals surface area (Å²) in [6.45, 7) is 5.70. The summed E-state index contributed by atoms with van der Waals surface area (Å²) >= 11 is 1.82. The van der Waals surface area contributed by atoms with Crippen molar-refractivity contribution in [2.45, 2.75) is 52.0 Å². The summed E-state index contributed by atoms with van der Waals surface area (Å²) in [4.78, 5) is 0. The van der Waals surface area contributed by atoms with E-state index in [1.165, 1.54) is 44.2 Å². The first-order valence-corrected chi connectivity index (χ1v) is 7.39. The van der Waals surface area contributed by atoms with Crippen LogP contribution in [0.15, 0.2) is 16.8 Å². The minimum atomic E-state index is 0.617. The Kier molecular flexibility index (Phi) is 4.04. The number of rotatable bonds is 6. The zero-order valence-electron chi connectivity index (χ0n) is 10.5. The lowest BCUT2D eigenvalue weighted by Crippen LogP contribution is -2.42. The van der Waals surface area contributed by atoms with Crippen LogP contribution in [-0.4, -0.2) is 12.6 Å². The maximum absolute atomic E-state index is 3.62. The van der Waals surface area contributed by atoms with Crippen LogP contribution < -0.4 is 5.32 Å². The summed E-state index contributed by atoms with van der Waals surface area (Å²) in [7, 11) is 0. The van der Waals surface area contributed by atoms with Crippen molar-refractivity contribution >= 4 is 11.3 Å². The fourth-order valence-corrected chi connectivity index (χ4v) is 3.16. The smallest absolute Gasteiger partial charge is 0.00106 e. The van der Waals surface area contributed by atoms with E-state index in [1.807, 2.05) is 11.3 Å². The average molecular weight is 237 g/mol. The lowest BCUT2D eigenvalue weighted by atomic mass is 9.65. The molecule has 0 unspecified atom stereocenters. The molecule has 0 atom stereocenters. The van der Waals surface area contributed by atoms with Gasteiger partial charge in [0.2, 0.25) is 0 Å². The Morgan fingerprint density at radius 2 is 2.25 bits per heavy atom. The van der Waals surface area contributed by atoms with Crippen LogP contribution in [0.2, 0.25) is 0 Å². The molecule has 1 saturated carbocycles. The van der Waals surface area contributed by atoms with E-state index in [0.29, 0.717) is 11.5 Å². The highest BCUT2D eigenvalue weighted by molar-refractivity contribution is 7.07. The highest BCUT2D eigenvalue weighted by Gasteiger charge is 2.36. The van der Waals surface area contributed by atoms with E-state index in [1.54, 1.807) is 0 Å². The van der Waals surface area contributed by atoms with Crippen molar-refractivity contribution in [3.63, 3.8) is 0 Å². The Bertz CT molecular complexity index is 299. The first-order valence-electron chi connectivity index (χ1n) is 6.45. The van der Waals surface area contributed by atoms with Crippen molar-refractivity contribution in [3.8, 4) is 0 Å². The fraction of sp³-hybridized carbons (Fsp3) is 0.714. The van der Waals surface area contributed by atoms with Crippen LogP contribution in [0.5, 0.6) is 0 Å². The van der Waals surface area contributed by atoms with Gasteiger partial charge in [-0.15, -0.1) is 0 Å². The Balaban J connectivity index is 1.80. The van der Waals surface area contributed by atoms with Crippen LogP contribution in [0, 0.1) is 5.41 Å². The van der Waals surface area contributed by atoms with Gasteiger partial charge in [0.25, 0.3) is 0 Å². The van der Waals surface area contributed by atoms with Gasteiger partial charge in [0.15, 0.2) is 0 Å². The van der Waals surface area contributed by atoms with Crippen molar-refractivity contribution < 1.29 is 0 Å². The lowest BCUT2D eigenvalue weighted by Gasteiger charge is -2.43. The van der Waals surface area contributed by atoms with E-state index >= 15 is 0 Å². The Morgan fingerprint density at radius 3 is 2.75 bits per heavy atom. The highest BCUT2D eigenvalue weighted by atomic mass is 32.1. The van der Waals surface area contributed by atoms with Crippen LogP contribution >= 0.6 is 11.3 Å². The second-order valence-corrected chi connectivity index (χ2v) is 6.30. The maximum Gasteiger partial charge on any atom is 0.00106 e. The normalized spacial score (nSPS) is 18.7. The van der Waals surface area contributed by atoms with E-state index in [9.17, 15) is 0 Å². The molecular formula is C14H23NS. The molecule has 1 aliphatic rings. The van der Waals surface area contributed by atoms with Crippen molar-refractivity contribution in [2.75, 3.05) is 6.54 Å². The van der Waals surface area contributed by atoms with E-state index in [-0.39, 0.29) is 0 Å². The molecule has 0 aliphatic heterocycles. The quantitative estimate of drug-likeness (QED) is 0.792. The molecule has 1 nitrogen and oxygen atoms in total. The molecule has 1 fully saturated rings. The third-order valence-corrected chi connectivity index (χ3v) is 4.56. The van der Waals surface area contributed by atoms with Crippen LogP contribution in [0.4, 0.5) is 0 Å². The third-order valence-electron chi connectivity index (χ3n) is 3.82. The van der Waals surface area contributed by atoms with Crippen molar-refractivity contribution in [3.05, 3.63) is 22.4 Å². The predicted octanol–water partition coefficient (Wildman–Crippen LogP) is 3.85. The Labute approximate surface area is 103 Å². The van der Waals surface area contributed by atoms with Gasteiger partial charge in [0.05, 0.1) is 0 Å². The predicted molar refractivity (Wildman–Crippen MR) is 72.1 cm³/mol. The summed E-state index contributed by atoms with van der Waals surface area (Å²) < 4.78 is 0. The van der Waals surface area contributed by atoms with E-state index in [0.717, 1.165) is 0 Å². The number of nitrogens with one attached hydrogen (secondary N) is 1. The standard InChI is InChI=1S/C14H23NS/c1-12(2)15-11-14(6-3-7-14)8-4-13-5-9-16-10-13/h5,9-10,12,15H,3-4,6-8,11H2,1-2H3. The Morgan fingerprint density at radius 1 is 1.44 bits per heavy atom. The summed E-state index contributed by atoms with van der Waals surface area (Å²) in [6, 6.07) is 2.89. The number of aryl methyl sites for hydroxylation is 1. The molecule has 0 amide bonds. The lowest BCUT2D eigenvalue weighted by molar-refractivity contribution is 0.114. The minimum Gasteiger partial charge on any atom is -0.314 e. The van der Waals surface area contributed by atoms with E-state index < -0.39 is 0 Å². The van der Waals surface area contributed by atoms with Gasteiger partial charge in [0, 0.05) is 12.6 Å². The van der Waals surface area contributed by atoms with Gasteiger partial charge in [-0.25, -0.2) is 0 Å². The monoisotopic (exact) mass is 237 g/mol. The Hall–Kier alpha value is -0.340. The largest absolute Gasteiger partial charge is 0.314 e. The summed E-state index contributed by atoms with van der Waals surface area (Å²) in [6.07, 6.45) is 6.92. The maximum atomic E-state index is 3.62. The van der Waals surface area contributed by atoms with Crippen molar-refractivity contribution in [1.29, 1.82) is 0 Å². The van der Waals surface area contributed by atoms with Gasteiger partial charge >= 0.3 is 0 Å². The summed E-state index contributed by atoms with van der Waals surface area (Å²) in [5, 5.41) is 8.10. The molecular weight excluding hydrogens is 214 g/mol. The zero-order chi connectivity index (χ0) is 11.4. The minimum absolute atomic E-state index is 0.617. The third kappa shape index (κ3) is 3.08. The van der Waals surface area contributed by atoms with Gasteiger partial charge in [-0.3, -0.25) is 0 Å². The molecule has 1 aliphatic carbocycles. The topological polar surface area (TPSA) is 12.0 Å². The molecule has 0 radical (unpaired) electrons. The number of hydrogen-bond acceptors (Lipinski definition) is 2. The first-order chi connectivity index (χ1) is 7.70.